The molecule has 10 heavy (non-hydrogen) atoms. The number of rotatable bonds is 2. The Bertz CT molecular complexity index is 95.6. The minimum absolute atomic E-state index is 0.679. The van der Waals surface area contributed by atoms with E-state index in [1.165, 1.54) is 13.0 Å². The minimum Gasteiger partial charge on any atom is -0.315 e. The third-order valence-corrected chi connectivity index (χ3v) is 2.42. The number of hydrogen-bond acceptors (Lipinski definition) is 3. The van der Waals surface area contributed by atoms with Crippen LogP contribution in [0.25, 0.3) is 0 Å². The Hall–Kier alpha value is 0.270. The molecule has 0 spiro atoms. The molecule has 1 rings (SSSR count). The molecule has 0 amide bonds. The second-order valence-corrected chi connectivity index (χ2v) is 3.66. The van der Waals surface area contributed by atoms with Crippen LogP contribution in [0.15, 0.2) is 0 Å². The van der Waals surface area contributed by atoms with E-state index in [-0.39, 0.29) is 0 Å². The molecule has 0 aromatic rings. The van der Waals surface area contributed by atoms with Gasteiger partial charge in [-0.15, -0.1) is 0 Å². The number of piperidine rings is 1. The van der Waals surface area contributed by atoms with Crippen molar-refractivity contribution < 1.29 is 0 Å². The van der Waals surface area contributed by atoms with Crippen LogP contribution in [0.4, 0.5) is 0 Å². The average Bonchev–Trinajstić information content (AvgIpc) is 1.88. The van der Waals surface area contributed by atoms with Gasteiger partial charge in [-0.25, -0.2) is 0 Å². The highest BCUT2D eigenvalue weighted by atomic mass is 32.2. The Morgan fingerprint density at radius 1 is 1.50 bits per heavy atom. The average molecular weight is 160 g/mol. The summed E-state index contributed by atoms with van der Waals surface area (Å²) < 4.78 is 3.37. The summed E-state index contributed by atoms with van der Waals surface area (Å²) in [5.41, 5.74) is 0. The molecule has 0 aromatic heterocycles. The summed E-state index contributed by atoms with van der Waals surface area (Å²) in [6, 6.07) is 0.679. The van der Waals surface area contributed by atoms with Crippen molar-refractivity contribution in [3.05, 3.63) is 0 Å². The maximum Gasteiger partial charge on any atom is 0.0299 e. The van der Waals surface area contributed by atoms with E-state index in [1.54, 1.807) is 11.9 Å². The van der Waals surface area contributed by atoms with E-state index in [0.717, 1.165) is 12.5 Å². The Morgan fingerprint density at radius 3 is 2.90 bits per heavy atom. The zero-order chi connectivity index (χ0) is 7.40. The summed E-state index contributed by atoms with van der Waals surface area (Å²) in [5, 5.41) is 3.39. The summed E-state index contributed by atoms with van der Waals surface area (Å²) in [5.74, 6) is 0.832. The molecule has 2 N–H and O–H groups in total. The van der Waals surface area contributed by atoms with Crippen molar-refractivity contribution in [2.75, 3.05) is 19.3 Å². The van der Waals surface area contributed by atoms with Crippen molar-refractivity contribution in [1.82, 2.24) is 10.0 Å². The molecule has 2 atom stereocenters. The van der Waals surface area contributed by atoms with Crippen LogP contribution in [0.3, 0.4) is 0 Å². The smallest absolute Gasteiger partial charge is 0.0299 e. The van der Waals surface area contributed by atoms with E-state index >= 15 is 0 Å². The van der Waals surface area contributed by atoms with E-state index in [4.69, 9.17) is 0 Å². The first-order valence-electron chi connectivity index (χ1n) is 3.82. The van der Waals surface area contributed by atoms with Crippen molar-refractivity contribution in [2.24, 2.45) is 5.92 Å². The van der Waals surface area contributed by atoms with Crippen LogP contribution in [0.2, 0.25) is 0 Å². The van der Waals surface area contributed by atoms with Crippen molar-refractivity contribution in [3.63, 3.8) is 0 Å². The lowest BCUT2D eigenvalue weighted by Gasteiger charge is -2.27. The second-order valence-electron chi connectivity index (χ2n) is 3.02. The van der Waals surface area contributed by atoms with Gasteiger partial charge in [0.2, 0.25) is 0 Å². The van der Waals surface area contributed by atoms with Crippen molar-refractivity contribution in [1.29, 1.82) is 0 Å². The number of hydrogen-bond donors (Lipinski definition) is 2. The van der Waals surface area contributed by atoms with Gasteiger partial charge in [0.1, 0.15) is 0 Å². The first-order chi connectivity index (χ1) is 4.83. The van der Waals surface area contributed by atoms with Gasteiger partial charge >= 0.3 is 0 Å². The first kappa shape index (κ1) is 8.37. The fourth-order valence-corrected chi connectivity index (χ4v) is 1.93. The molecule has 3 heteroatoms. The summed E-state index contributed by atoms with van der Waals surface area (Å²) in [6.45, 7) is 4.61. The lowest BCUT2D eigenvalue weighted by atomic mass is 9.99. The Kier molecular flexibility index (Phi) is 3.52. The normalized spacial score (nSPS) is 34.2. The van der Waals surface area contributed by atoms with Gasteiger partial charge in [0.25, 0.3) is 0 Å². The van der Waals surface area contributed by atoms with E-state index in [2.05, 4.69) is 23.2 Å². The predicted molar refractivity (Wildman–Crippen MR) is 47.1 cm³/mol. The van der Waals surface area contributed by atoms with Gasteiger partial charge in [-0.2, -0.15) is 0 Å². The molecule has 0 aromatic carbocycles. The lowest BCUT2D eigenvalue weighted by Crippen LogP contribution is -2.43. The van der Waals surface area contributed by atoms with Crippen molar-refractivity contribution in [2.45, 2.75) is 19.4 Å². The van der Waals surface area contributed by atoms with Crippen LogP contribution < -0.4 is 10.0 Å². The highest BCUT2D eigenvalue weighted by Gasteiger charge is 2.16. The molecule has 1 aliphatic rings. The third-order valence-electron chi connectivity index (χ3n) is 1.85. The molecule has 0 unspecified atom stereocenters. The molecule has 0 bridgehead atoms. The van der Waals surface area contributed by atoms with Crippen LogP contribution in [0.5, 0.6) is 0 Å². The molecular weight excluding hydrogens is 144 g/mol. The Morgan fingerprint density at radius 2 is 2.30 bits per heavy atom. The largest absolute Gasteiger partial charge is 0.315 e. The van der Waals surface area contributed by atoms with Gasteiger partial charge in [0.05, 0.1) is 0 Å². The summed E-state index contributed by atoms with van der Waals surface area (Å²) >= 11 is 1.72. The lowest BCUT2D eigenvalue weighted by molar-refractivity contribution is 0.352. The highest BCUT2D eigenvalue weighted by Crippen LogP contribution is 2.10. The molecule has 1 fully saturated rings. The van der Waals surface area contributed by atoms with Gasteiger partial charge in [-0.1, -0.05) is 18.9 Å². The third kappa shape index (κ3) is 2.48. The standard InChI is InChI=1S/C7H16N2S/c1-6-3-7(9-10-2)5-8-4-6/h6-9H,3-5H2,1-2H3/t6-,7+/m0/s1. The summed E-state index contributed by atoms with van der Waals surface area (Å²) in [4.78, 5) is 0. The maximum atomic E-state index is 3.39. The van der Waals surface area contributed by atoms with Gasteiger partial charge < -0.3 is 5.32 Å². The molecule has 60 valence electrons. The van der Waals surface area contributed by atoms with Crippen LogP contribution >= 0.6 is 11.9 Å². The van der Waals surface area contributed by atoms with Gasteiger partial charge in [0.15, 0.2) is 0 Å². The SMILES string of the molecule is CSN[C@H]1CNC[C@@H](C)C1. The van der Waals surface area contributed by atoms with Gasteiger partial charge in [-0.05, 0) is 25.1 Å². The molecule has 1 heterocycles. The molecule has 1 saturated heterocycles. The minimum atomic E-state index is 0.679. The topological polar surface area (TPSA) is 24.1 Å². The second kappa shape index (κ2) is 4.21. The summed E-state index contributed by atoms with van der Waals surface area (Å²) in [6.07, 6.45) is 3.40. The fourth-order valence-electron chi connectivity index (χ4n) is 1.41. The van der Waals surface area contributed by atoms with Crippen molar-refractivity contribution >= 4 is 11.9 Å². The van der Waals surface area contributed by atoms with E-state index < -0.39 is 0 Å². The molecule has 1 aliphatic heterocycles. The quantitative estimate of drug-likeness (QED) is 0.586. The van der Waals surface area contributed by atoms with Gasteiger partial charge in [-0.3, -0.25) is 4.72 Å². The van der Waals surface area contributed by atoms with Crippen LogP contribution in [0.1, 0.15) is 13.3 Å². The fraction of sp³-hybridized carbons (Fsp3) is 1.00. The van der Waals surface area contributed by atoms with Gasteiger partial charge in [0, 0.05) is 12.6 Å². The summed E-state index contributed by atoms with van der Waals surface area (Å²) in [7, 11) is 0. The monoisotopic (exact) mass is 160 g/mol. The zero-order valence-corrected chi connectivity index (χ0v) is 7.50. The first-order valence-corrected chi connectivity index (χ1v) is 5.04. The Balaban J connectivity index is 2.18. The molecule has 0 saturated carbocycles. The highest BCUT2D eigenvalue weighted by molar-refractivity contribution is 7.96. The molecule has 0 aliphatic carbocycles. The Labute approximate surface area is 67.3 Å². The molecular formula is C7H16N2S. The number of nitrogens with one attached hydrogen (secondary N) is 2. The van der Waals surface area contributed by atoms with Crippen LogP contribution in [-0.2, 0) is 0 Å². The van der Waals surface area contributed by atoms with E-state index in [1.807, 2.05) is 0 Å². The van der Waals surface area contributed by atoms with Crippen LogP contribution in [-0.4, -0.2) is 25.4 Å². The predicted octanol–water partition coefficient (Wildman–Crippen LogP) is 0.852. The van der Waals surface area contributed by atoms with Crippen molar-refractivity contribution in [3.8, 4) is 0 Å². The zero-order valence-electron chi connectivity index (χ0n) is 6.68. The van der Waals surface area contributed by atoms with Crippen LogP contribution in [0, 0.1) is 5.92 Å². The maximum absolute atomic E-state index is 3.39. The van der Waals surface area contributed by atoms with E-state index in [0.29, 0.717) is 6.04 Å². The molecule has 0 radical (unpaired) electrons. The van der Waals surface area contributed by atoms with E-state index in [9.17, 15) is 0 Å². The molecule has 2 nitrogen and oxygen atoms in total.